The Morgan fingerprint density at radius 2 is 0.613 bits per heavy atom. The minimum Gasteiger partial charge on any atom is -0.354 e. The summed E-state index contributed by atoms with van der Waals surface area (Å²) in [5, 5.41) is 79.7. The van der Waals surface area contributed by atoms with Crippen molar-refractivity contribution in [2.24, 2.45) is 28.2 Å². The Hall–Kier alpha value is -17.2. The fraction of sp³-hybridized carbons (Fsp3) is 0.309. The number of carbonyl (C=O) groups is 4. The lowest BCUT2D eigenvalue weighted by atomic mass is 10.0. The molecule has 0 bridgehead atoms. The normalized spacial score (nSPS) is 14.7. The van der Waals surface area contributed by atoms with Crippen LogP contribution in [0.5, 0.6) is 0 Å². The van der Waals surface area contributed by atoms with Crippen LogP contribution in [0, 0.1) is 23.3 Å². The summed E-state index contributed by atoms with van der Waals surface area (Å²) >= 11 is 0. The maximum Gasteiger partial charge on any atom is 0.418 e. The van der Waals surface area contributed by atoms with Gasteiger partial charge in [-0.2, -0.15) is 83.3 Å². The first kappa shape index (κ1) is 104. The van der Waals surface area contributed by atoms with E-state index in [1.54, 1.807) is 80.7 Å². The van der Waals surface area contributed by atoms with Crippen LogP contribution in [0.3, 0.4) is 0 Å². The van der Waals surface area contributed by atoms with Gasteiger partial charge < -0.3 is 61.3 Å². The van der Waals surface area contributed by atoms with Crippen LogP contribution < -0.4 is 51.5 Å². The highest BCUT2D eigenvalue weighted by Crippen LogP contribution is 2.44. The number of amides is 8. The lowest BCUT2D eigenvalue weighted by Crippen LogP contribution is -2.47. The van der Waals surface area contributed by atoms with E-state index in [-0.39, 0.29) is 24.2 Å². The van der Waals surface area contributed by atoms with E-state index < -0.39 is 117 Å². The van der Waals surface area contributed by atoms with Crippen molar-refractivity contribution >= 4 is 113 Å². The topological polar surface area (TPSA) is 399 Å². The van der Waals surface area contributed by atoms with Crippen molar-refractivity contribution in [2.75, 3.05) is 107 Å². The number of carbonyl (C=O) groups excluding carboxylic acids is 4. The van der Waals surface area contributed by atoms with E-state index in [1.807, 2.05) is 102 Å². The van der Waals surface area contributed by atoms with Crippen LogP contribution in [-0.2, 0) is 52.9 Å². The van der Waals surface area contributed by atoms with E-state index in [0.717, 1.165) is 104 Å². The number of hydrogen-bond donors (Lipinski definition) is 6. The van der Waals surface area contributed by atoms with Crippen LogP contribution >= 0.6 is 0 Å². The molecule has 4 saturated heterocycles. The van der Waals surface area contributed by atoms with Gasteiger partial charge in [0.05, 0.1) is 85.6 Å². The molecule has 12 aromatic heterocycles. The summed E-state index contributed by atoms with van der Waals surface area (Å²) < 4.78 is 219. The van der Waals surface area contributed by atoms with Gasteiger partial charge in [-0.15, -0.1) is 40.8 Å². The quantitative estimate of drug-likeness (QED) is 0.0489. The first-order chi connectivity index (χ1) is 71.7. The highest BCUT2D eigenvalue weighted by atomic mass is 19.4. The van der Waals surface area contributed by atoms with E-state index >= 15 is 0 Å². The van der Waals surface area contributed by atoms with Crippen molar-refractivity contribution < 1.29 is 89.4 Å². The van der Waals surface area contributed by atoms with Gasteiger partial charge in [-0.3, -0.25) is 33.7 Å². The molecule has 16 aromatic rings. The number of urea groups is 4. The lowest BCUT2D eigenvalue weighted by Gasteiger charge is -2.37. The molecule has 780 valence electrons. The Labute approximate surface area is 840 Å². The van der Waals surface area contributed by atoms with Crippen LogP contribution in [-0.4, -0.2) is 230 Å². The van der Waals surface area contributed by atoms with Crippen LogP contribution in [0.15, 0.2) is 189 Å². The summed E-state index contributed by atoms with van der Waals surface area (Å²) in [6.07, 6.45) is 1.89. The smallest absolute Gasteiger partial charge is 0.354 e. The van der Waals surface area contributed by atoms with Gasteiger partial charge >= 0.3 is 48.8 Å². The molecule has 0 aliphatic carbocycles. The zero-order valence-electron chi connectivity index (χ0n) is 80.3. The van der Waals surface area contributed by atoms with E-state index in [1.165, 1.54) is 23.9 Å². The van der Waals surface area contributed by atoms with Gasteiger partial charge in [0.25, 0.3) is 0 Å². The number of anilines is 8. The minimum atomic E-state index is -4.81. The molecule has 0 atom stereocenters. The SMILES string of the molecule is CN(C(=O)Nc1ccc(F)cc1C(F)(F)F)C1CCN(c2nnc(-c3ccnn3C)c3cccnc23)CC1.CN(C(=O)Nc1ccc(F)cc1C(F)(F)F)C1CCN(c2nnc(-c3ccnn3C)c3cnncc23)CC1.Cn1nccc1-c1nnc(N2CCC(NC(=O)Nc3ccc(F)cc3C(F)(F)F)CC2)c2cnccc12.Cn1nccc1-c1nnc(N2CCC(NC(=O)Nc3ccc(F)cc3C(F)(F)F)CC2)c2ncccc12. The molecule has 150 heavy (non-hydrogen) atoms. The largest absolute Gasteiger partial charge is 0.418 e. The van der Waals surface area contributed by atoms with Crippen molar-refractivity contribution in [3.63, 3.8) is 0 Å². The van der Waals surface area contributed by atoms with E-state index in [9.17, 15) is 89.4 Å². The summed E-state index contributed by atoms with van der Waals surface area (Å²) in [7, 11) is 10.3. The first-order valence-electron chi connectivity index (χ1n) is 46.6. The fourth-order valence-electron chi connectivity index (χ4n) is 18.2. The maximum absolute atomic E-state index is 13.4. The predicted octanol–water partition coefficient (Wildman–Crippen LogP) is 17.6. The zero-order valence-corrected chi connectivity index (χ0v) is 80.3. The van der Waals surface area contributed by atoms with Gasteiger partial charge in [-0.25, -0.2) is 36.7 Å². The van der Waals surface area contributed by atoms with Gasteiger partial charge in [0.2, 0.25) is 0 Å². The number of aromatic nitrogens is 21. The van der Waals surface area contributed by atoms with Gasteiger partial charge in [0.15, 0.2) is 23.3 Å². The number of hydrogen-bond acceptors (Lipinski definition) is 25. The van der Waals surface area contributed by atoms with Gasteiger partial charge in [-0.1, -0.05) is 0 Å². The van der Waals surface area contributed by atoms with E-state index in [4.69, 9.17) is 0 Å². The van der Waals surface area contributed by atoms with Gasteiger partial charge in [-0.05, 0) is 179 Å². The molecule has 0 saturated carbocycles. The number of pyridine rings is 3. The Bertz CT molecular complexity index is 7180. The molecule has 6 N–H and O–H groups in total. The van der Waals surface area contributed by atoms with Gasteiger partial charge in [0.1, 0.15) is 57.1 Å². The Kier molecular flexibility index (Phi) is 30.4. The number of nitrogens with one attached hydrogen (secondary N) is 6. The number of alkyl halides is 12. The molecule has 4 aliphatic rings. The second-order valence-corrected chi connectivity index (χ2v) is 35.4. The van der Waals surface area contributed by atoms with Crippen LogP contribution in [0.1, 0.15) is 73.6 Å². The molecule has 4 aromatic carbocycles. The molecule has 37 nitrogen and oxygen atoms in total. The molecule has 0 radical (unpaired) electrons. The molecule has 20 rings (SSSR count). The third-order valence-corrected chi connectivity index (χ3v) is 26.0. The summed E-state index contributed by atoms with van der Waals surface area (Å²) in [5.74, 6) is -1.61. The van der Waals surface area contributed by atoms with Crippen molar-refractivity contribution in [1.29, 1.82) is 0 Å². The third-order valence-electron chi connectivity index (χ3n) is 26.0. The lowest BCUT2D eigenvalue weighted by molar-refractivity contribution is -0.137. The van der Waals surface area contributed by atoms with E-state index in [0.29, 0.717) is 185 Å². The molecule has 53 heteroatoms. The highest BCUT2D eigenvalue weighted by molar-refractivity contribution is 6.02. The summed E-state index contributed by atoms with van der Waals surface area (Å²) in [5.41, 5.74) is 0.281. The minimum absolute atomic E-state index is 0.220. The predicted molar refractivity (Wildman–Crippen MR) is 520 cm³/mol. The van der Waals surface area contributed by atoms with Crippen molar-refractivity contribution in [2.45, 2.75) is 100 Å². The average molecular weight is 2090 g/mol. The molecule has 0 unspecified atom stereocenters. The zero-order chi connectivity index (χ0) is 106. The van der Waals surface area contributed by atoms with Crippen LogP contribution in [0.4, 0.5) is 135 Å². The monoisotopic (exact) mass is 2090 g/mol. The van der Waals surface area contributed by atoms with Gasteiger partial charge in [0, 0.05) is 195 Å². The maximum atomic E-state index is 13.4. The molecule has 16 heterocycles. The van der Waals surface area contributed by atoms with Crippen LogP contribution in [0.25, 0.3) is 88.9 Å². The van der Waals surface area contributed by atoms with E-state index in [2.05, 4.69) is 118 Å². The number of piperidine rings is 4. The van der Waals surface area contributed by atoms with Crippen molar-refractivity contribution in [3.8, 4) is 45.6 Å². The second-order valence-electron chi connectivity index (χ2n) is 35.4. The van der Waals surface area contributed by atoms with Crippen molar-refractivity contribution in [1.82, 2.24) is 125 Å². The third kappa shape index (κ3) is 23.4. The number of benzene rings is 4. The second kappa shape index (κ2) is 43.8. The Morgan fingerprint density at radius 1 is 0.320 bits per heavy atom. The number of fused-ring (bicyclic) bond motifs is 4. The number of halogens is 16. The average Bonchev–Trinajstić information content (AvgIpc) is 1.34. The molecule has 0 spiro atoms. The number of aryl methyl sites for hydroxylation is 4. The molecular weight excluding hydrogens is 2000 g/mol. The number of nitrogens with zero attached hydrogens (tertiary/aromatic N) is 27. The Balaban J connectivity index is 0.000000136. The molecule has 4 fully saturated rings. The molecular formula is C97H91F16N33O4. The molecule has 8 amide bonds. The molecule has 4 aliphatic heterocycles. The summed E-state index contributed by atoms with van der Waals surface area (Å²) in [6.45, 7) is 4.28. The number of rotatable bonds is 16. The fourth-order valence-corrected chi connectivity index (χ4v) is 18.2. The standard InChI is InChI=1S/C25H24F4N8O.C24H23F4N9O.2C24H22F4N8O/c1-35(24(38)32-19-6-5-15(26)14-18(19)25(27,28)29)16-8-12-37(13-9-16)23-22-17(4-3-10-30-22)21(33-34-23)20-7-11-31-36(20)2;1-35(23(38)32-19-4-3-14(25)11-18(19)24(26,27)28)15-6-9-37(10-7-15)22-17-13-30-29-12-16(17)21(33-34-22)20-5-8-31-36(20)2;1-35-20(5-9-30-35)21-16-4-8-29-13-17(16)22(34-33-21)36-10-6-15(7-11-36)31-23(37)32-19-3-2-14(25)12-18(19)24(26,27)28;1-35-19(6-10-30-35)20-16-3-2-9-29-21(16)22(34-33-20)36-11-7-15(8-12-36)31-23(37)32-18-5-4-14(25)13-17(18)24(26,27)28/h3-7,10-11,14,16H,8-9,12-13H2,1-2H3,(H,32,38);3-5,8,11-13,15H,6-7,9-10H2,1-2H3,(H,32,38);2-5,8-9,12-13,15H,6-7,10-11H2,1H3,(H2,31,32,37);2-6,9-10,13,15H,7-8,11-12H2,1H3,(H2,31,32,37). The van der Waals surface area contributed by atoms with Crippen LogP contribution in [0.2, 0.25) is 0 Å². The highest BCUT2D eigenvalue weighted by Gasteiger charge is 2.41. The summed E-state index contributed by atoms with van der Waals surface area (Å²) in [4.78, 5) is 74.6. The Morgan fingerprint density at radius 3 is 0.940 bits per heavy atom. The summed E-state index contributed by atoms with van der Waals surface area (Å²) in [6, 6.07) is 21.3. The van der Waals surface area contributed by atoms with Crippen molar-refractivity contribution in [3.05, 3.63) is 235 Å². The first-order valence-corrected chi connectivity index (χ1v) is 46.6.